The lowest BCUT2D eigenvalue weighted by Crippen LogP contribution is -2.44. The minimum absolute atomic E-state index is 0.0295. The standard InChI is InChI=1S/C18H29N3O/c1-3-6-16(19)18(22)20-13-17(21-11-4-5-12-21)15-9-7-14(2)8-10-15/h7-10,16-17H,3-6,11-13,19H2,1-2H3,(H,20,22). The SMILES string of the molecule is CCCC(N)C(=O)NCC(c1ccc(C)cc1)N1CCCC1. The molecule has 3 N–H and O–H groups in total. The summed E-state index contributed by atoms with van der Waals surface area (Å²) in [7, 11) is 0. The van der Waals surface area contributed by atoms with Crippen molar-refractivity contribution in [3.05, 3.63) is 35.4 Å². The van der Waals surface area contributed by atoms with Gasteiger partial charge < -0.3 is 11.1 Å². The van der Waals surface area contributed by atoms with Gasteiger partial charge in [-0.05, 0) is 44.8 Å². The Morgan fingerprint density at radius 1 is 1.27 bits per heavy atom. The van der Waals surface area contributed by atoms with E-state index in [4.69, 9.17) is 5.73 Å². The average molecular weight is 303 g/mol. The van der Waals surface area contributed by atoms with E-state index >= 15 is 0 Å². The normalized spacial score (nSPS) is 18.1. The smallest absolute Gasteiger partial charge is 0.236 e. The lowest BCUT2D eigenvalue weighted by atomic mass is 10.0. The van der Waals surface area contributed by atoms with Gasteiger partial charge in [-0.25, -0.2) is 0 Å². The van der Waals surface area contributed by atoms with Crippen LogP contribution in [0.5, 0.6) is 0 Å². The Balaban J connectivity index is 2.02. The lowest BCUT2D eigenvalue weighted by Gasteiger charge is -2.28. The number of nitrogens with two attached hydrogens (primary N) is 1. The number of benzene rings is 1. The van der Waals surface area contributed by atoms with Crippen LogP contribution in [-0.2, 0) is 4.79 Å². The third-order valence-electron chi connectivity index (χ3n) is 4.45. The third-order valence-corrected chi connectivity index (χ3v) is 4.45. The van der Waals surface area contributed by atoms with Crippen LogP contribution in [0.2, 0.25) is 0 Å². The molecule has 2 unspecified atom stereocenters. The van der Waals surface area contributed by atoms with Crippen LogP contribution in [0, 0.1) is 6.92 Å². The van der Waals surface area contributed by atoms with E-state index in [9.17, 15) is 4.79 Å². The Hall–Kier alpha value is -1.39. The fourth-order valence-corrected chi connectivity index (χ4v) is 3.07. The number of likely N-dealkylation sites (tertiary alicyclic amines) is 1. The van der Waals surface area contributed by atoms with Crippen molar-refractivity contribution in [1.82, 2.24) is 10.2 Å². The van der Waals surface area contributed by atoms with E-state index in [2.05, 4.69) is 41.4 Å². The highest BCUT2D eigenvalue weighted by atomic mass is 16.2. The van der Waals surface area contributed by atoms with Gasteiger partial charge in [-0.2, -0.15) is 0 Å². The Labute approximate surface area is 134 Å². The molecule has 1 fully saturated rings. The van der Waals surface area contributed by atoms with Gasteiger partial charge >= 0.3 is 0 Å². The van der Waals surface area contributed by atoms with Gasteiger partial charge in [0.15, 0.2) is 0 Å². The molecule has 4 heteroatoms. The molecular formula is C18H29N3O. The highest BCUT2D eigenvalue weighted by molar-refractivity contribution is 5.81. The summed E-state index contributed by atoms with van der Waals surface area (Å²) >= 11 is 0. The van der Waals surface area contributed by atoms with Crippen molar-refractivity contribution in [3.63, 3.8) is 0 Å². The van der Waals surface area contributed by atoms with Crippen molar-refractivity contribution in [3.8, 4) is 0 Å². The summed E-state index contributed by atoms with van der Waals surface area (Å²) in [5.41, 5.74) is 8.44. The molecule has 0 bridgehead atoms. The number of carbonyl (C=O) groups excluding carboxylic acids is 1. The molecule has 0 radical (unpaired) electrons. The summed E-state index contributed by atoms with van der Waals surface area (Å²) in [5.74, 6) is -0.0295. The quantitative estimate of drug-likeness (QED) is 0.813. The molecule has 4 nitrogen and oxygen atoms in total. The van der Waals surface area contributed by atoms with Crippen molar-refractivity contribution in [1.29, 1.82) is 0 Å². The molecule has 0 aliphatic carbocycles. The predicted molar refractivity (Wildman–Crippen MR) is 90.6 cm³/mol. The van der Waals surface area contributed by atoms with Gasteiger partial charge in [0, 0.05) is 6.54 Å². The average Bonchev–Trinajstić information content (AvgIpc) is 3.03. The maximum atomic E-state index is 12.1. The molecule has 2 atom stereocenters. The van der Waals surface area contributed by atoms with Gasteiger partial charge in [0.25, 0.3) is 0 Å². The molecule has 1 saturated heterocycles. The van der Waals surface area contributed by atoms with Crippen molar-refractivity contribution < 1.29 is 4.79 Å². The number of nitrogens with one attached hydrogen (secondary N) is 1. The first kappa shape index (κ1) is 17.0. The Morgan fingerprint density at radius 2 is 1.91 bits per heavy atom. The summed E-state index contributed by atoms with van der Waals surface area (Å²) in [6, 6.07) is 8.50. The number of rotatable bonds is 7. The summed E-state index contributed by atoms with van der Waals surface area (Å²) in [4.78, 5) is 14.6. The van der Waals surface area contributed by atoms with E-state index in [0.717, 1.165) is 25.9 Å². The molecule has 0 saturated carbocycles. The Kier molecular flexibility index (Phi) is 6.40. The zero-order valence-corrected chi connectivity index (χ0v) is 13.8. The van der Waals surface area contributed by atoms with E-state index in [1.807, 2.05) is 6.92 Å². The molecule has 1 heterocycles. The number of hydrogen-bond donors (Lipinski definition) is 2. The first-order valence-electron chi connectivity index (χ1n) is 8.45. The first-order chi connectivity index (χ1) is 10.6. The minimum Gasteiger partial charge on any atom is -0.353 e. The van der Waals surface area contributed by atoms with E-state index in [0.29, 0.717) is 6.54 Å². The molecule has 122 valence electrons. The number of hydrogen-bond acceptors (Lipinski definition) is 3. The summed E-state index contributed by atoms with van der Waals surface area (Å²) in [5, 5.41) is 3.05. The van der Waals surface area contributed by atoms with Crippen LogP contribution >= 0.6 is 0 Å². The van der Waals surface area contributed by atoms with Gasteiger partial charge in [-0.1, -0.05) is 43.2 Å². The maximum Gasteiger partial charge on any atom is 0.236 e. The fraction of sp³-hybridized carbons (Fsp3) is 0.611. The van der Waals surface area contributed by atoms with Crippen LogP contribution in [0.15, 0.2) is 24.3 Å². The summed E-state index contributed by atoms with van der Waals surface area (Å²) in [6.45, 7) is 7.00. The second-order valence-electron chi connectivity index (χ2n) is 6.31. The van der Waals surface area contributed by atoms with Crippen LogP contribution in [-0.4, -0.2) is 36.5 Å². The predicted octanol–water partition coefficient (Wildman–Crippen LogP) is 2.38. The summed E-state index contributed by atoms with van der Waals surface area (Å²) in [6.07, 6.45) is 4.16. The Bertz CT molecular complexity index is 466. The number of aryl methyl sites for hydroxylation is 1. The van der Waals surface area contributed by atoms with Crippen LogP contribution in [0.3, 0.4) is 0 Å². The molecule has 1 aliphatic heterocycles. The van der Waals surface area contributed by atoms with Crippen LogP contribution in [0.1, 0.15) is 49.8 Å². The first-order valence-corrected chi connectivity index (χ1v) is 8.45. The van der Waals surface area contributed by atoms with Crippen LogP contribution in [0.4, 0.5) is 0 Å². The zero-order valence-electron chi connectivity index (χ0n) is 13.8. The van der Waals surface area contributed by atoms with Gasteiger partial charge in [-0.15, -0.1) is 0 Å². The number of amides is 1. The second-order valence-corrected chi connectivity index (χ2v) is 6.31. The van der Waals surface area contributed by atoms with Crippen molar-refractivity contribution in [2.24, 2.45) is 5.73 Å². The molecule has 1 amide bonds. The number of nitrogens with zero attached hydrogens (tertiary/aromatic N) is 1. The van der Waals surface area contributed by atoms with Gasteiger partial charge in [0.2, 0.25) is 5.91 Å². The molecule has 1 aromatic rings. The van der Waals surface area contributed by atoms with E-state index in [1.165, 1.54) is 24.0 Å². The molecule has 1 aliphatic rings. The summed E-state index contributed by atoms with van der Waals surface area (Å²) < 4.78 is 0. The largest absolute Gasteiger partial charge is 0.353 e. The molecule has 0 aromatic heterocycles. The van der Waals surface area contributed by atoms with Gasteiger partial charge in [-0.3, -0.25) is 9.69 Å². The van der Waals surface area contributed by atoms with Crippen molar-refractivity contribution in [2.45, 2.75) is 51.6 Å². The van der Waals surface area contributed by atoms with Crippen LogP contribution < -0.4 is 11.1 Å². The fourth-order valence-electron chi connectivity index (χ4n) is 3.07. The zero-order chi connectivity index (χ0) is 15.9. The topological polar surface area (TPSA) is 58.4 Å². The van der Waals surface area contributed by atoms with Crippen LogP contribution in [0.25, 0.3) is 0 Å². The number of carbonyl (C=O) groups is 1. The highest BCUT2D eigenvalue weighted by Crippen LogP contribution is 2.24. The monoisotopic (exact) mass is 303 g/mol. The van der Waals surface area contributed by atoms with Crippen molar-refractivity contribution in [2.75, 3.05) is 19.6 Å². The van der Waals surface area contributed by atoms with Crippen molar-refractivity contribution >= 4 is 5.91 Å². The second kappa shape index (κ2) is 8.30. The van der Waals surface area contributed by atoms with Gasteiger partial charge in [0.1, 0.15) is 0 Å². The molecule has 22 heavy (non-hydrogen) atoms. The lowest BCUT2D eigenvalue weighted by molar-refractivity contribution is -0.122. The highest BCUT2D eigenvalue weighted by Gasteiger charge is 2.24. The maximum absolute atomic E-state index is 12.1. The molecular weight excluding hydrogens is 274 g/mol. The molecule has 1 aromatic carbocycles. The Morgan fingerprint density at radius 3 is 2.50 bits per heavy atom. The van der Waals surface area contributed by atoms with E-state index in [-0.39, 0.29) is 18.0 Å². The molecule has 0 spiro atoms. The third kappa shape index (κ3) is 4.55. The van der Waals surface area contributed by atoms with Gasteiger partial charge in [0.05, 0.1) is 12.1 Å². The van der Waals surface area contributed by atoms with E-state index in [1.54, 1.807) is 0 Å². The van der Waals surface area contributed by atoms with E-state index < -0.39 is 0 Å². The minimum atomic E-state index is -0.387. The molecule has 2 rings (SSSR count).